The van der Waals surface area contributed by atoms with E-state index < -0.39 is 16.1 Å². The van der Waals surface area contributed by atoms with Crippen LogP contribution in [0, 0.1) is 0 Å². The minimum atomic E-state index is -3.80. The number of halogens is 1. The third-order valence-electron chi connectivity index (χ3n) is 3.64. The van der Waals surface area contributed by atoms with Gasteiger partial charge in [-0.2, -0.15) is 4.31 Å². The number of sulfonamides is 1. The summed E-state index contributed by atoms with van der Waals surface area (Å²) in [5.41, 5.74) is 0. The van der Waals surface area contributed by atoms with Crippen molar-refractivity contribution in [2.24, 2.45) is 0 Å². The van der Waals surface area contributed by atoms with Gasteiger partial charge in [0.2, 0.25) is 15.9 Å². The van der Waals surface area contributed by atoms with E-state index in [4.69, 9.17) is 4.74 Å². The van der Waals surface area contributed by atoms with Crippen molar-refractivity contribution in [2.75, 3.05) is 27.7 Å². The van der Waals surface area contributed by atoms with Crippen molar-refractivity contribution in [3.05, 3.63) is 22.7 Å². The molecule has 0 unspecified atom stereocenters. The Morgan fingerprint density at radius 2 is 2.09 bits per heavy atom. The lowest BCUT2D eigenvalue weighted by Gasteiger charge is -2.26. The number of benzene rings is 1. The van der Waals surface area contributed by atoms with Crippen molar-refractivity contribution < 1.29 is 17.9 Å². The smallest absolute Gasteiger partial charge is 0.247 e. The average Bonchev–Trinajstić information content (AvgIpc) is 2.96. The van der Waals surface area contributed by atoms with Gasteiger partial charge in [0.15, 0.2) is 0 Å². The molecule has 0 aromatic heterocycles. The molecule has 0 bridgehead atoms. The highest BCUT2D eigenvalue weighted by molar-refractivity contribution is 9.10. The van der Waals surface area contributed by atoms with Gasteiger partial charge in [-0.05, 0) is 31.0 Å². The molecule has 1 aliphatic rings. The Hall–Kier alpha value is -1.12. The Labute approximate surface area is 139 Å². The van der Waals surface area contributed by atoms with E-state index in [0.717, 1.165) is 0 Å². The van der Waals surface area contributed by atoms with Crippen LogP contribution in [0.15, 0.2) is 27.6 Å². The van der Waals surface area contributed by atoms with Crippen molar-refractivity contribution in [3.63, 3.8) is 0 Å². The second-order valence-electron chi connectivity index (χ2n) is 5.30. The van der Waals surface area contributed by atoms with Crippen LogP contribution in [0.5, 0.6) is 5.75 Å². The quantitative estimate of drug-likeness (QED) is 0.784. The van der Waals surface area contributed by atoms with Gasteiger partial charge < -0.3 is 9.64 Å². The summed E-state index contributed by atoms with van der Waals surface area (Å²) < 4.78 is 33.0. The number of carbonyl (C=O) groups excluding carboxylic acids is 1. The third kappa shape index (κ3) is 3.13. The number of amides is 1. The lowest BCUT2D eigenvalue weighted by molar-refractivity contribution is -0.132. The topological polar surface area (TPSA) is 66.9 Å². The SMILES string of the molecule is COc1ccc(Br)cc1S(=O)(=O)N1CCC[C@@H]1C(=O)N(C)C. The van der Waals surface area contributed by atoms with Crippen LogP contribution in [-0.4, -0.2) is 57.3 Å². The van der Waals surface area contributed by atoms with Crippen LogP contribution in [0.25, 0.3) is 0 Å². The number of hydrogen-bond donors (Lipinski definition) is 0. The molecule has 0 spiro atoms. The Kier molecular flexibility index (Phi) is 5.14. The number of likely N-dealkylation sites (N-methyl/N-ethyl adjacent to an activating group) is 1. The first kappa shape index (κ1) is 17.2. The maximum atomic E-state index is 13.0. The number of hydrogen-bond acceptors (Lipinski definition) is 4. The van der Waals surface area contributed by atoms with Crippen molar-refractivity contribution >= 4 is 31.9 Å². The molecule has 1 amide bonds. The molecule has 0 aliphatic carbocycles. The van der Waals surface area contributed by atoms with Gasteiger partial charge in [0.05, 0.1) is 7.11 Å². The maximum absolute atomic E-state index is 13.0. The largest absolute Gasteiger partial charge is 0.495 e. The van der Waals surface area contributed by atoms with Gasteiger partial charge in [0.1, 0.15) is 16.7 Å². The number of methoxy groups -OCH3 is 1. The summed E-state index contributed by atoms with van der Waals surface area (Å²) in [6.45, 7) is 0.336. The second-order valence-corrected chi connectivity index (χ2v) is 8.08. The van der Waals surface area contributed by atoms with Crippen LogP contribution in [0.2, 0.25) is 0 Å². The molecule has 0 N–H and O–H groups in total. The second kappa shape index (κ2) is 6.55. The Bertz CT molecular complexity index is 675. The Balaban J connectivity index is 2.46. The predicted molar refractivity (Wildman–Crippen MR) is 86.3 cm³/mol. The summed E-state index contributed by atoms with van der Waals surface area (Å²) in [5.74, 6) is 0.0705. The van der Waals surface area contributed by atoms with Gasteiger partial charge in [-0.3, -0.25) is 4.79 Å². The molecule has 22 heavy (non-hydrogen) atoms. The first-order valence-electron chi connectivity index (χ1n) is 6.85. The molecule has 8 heteroatoms. The summed E-state index contributed by atoms with van der Waals surface area (Å²) in [6.07, 6.45) is 1.20. The minimum absolute atomic E-state index is 0.0721. The van der Waals surface area contributed by atoms with Gasteiger partial charge in [0.25, 0.3) is 0 Å². The van der Waals surface area contributed by atoms with Gasteiger partial charge in [-0.25, -0.2) is 8.42 Å². The van der Waals surface area contributed by atoms with Gasteiger partial charge in [0, 0.05) is 25.1 Å². The zero-order valence-corrected chi connectivity index (χ0v) is 15.1. The number of carbonyl (C=O) groups is 1. The molecule has 1 aliphatic heterocycles. The highest BCUT2D eigenvalue weighted by atomic mass is 79.9. The lowest BCUT2D eigenvalue weighted by Crippen LogP contribution is -2.45. The fraction of sp³-hybridized carbons (Fsp3) is 0.500. The number of nitrogens with zero attached hydrogens (tertiary/aromatic N) is 2. The fourth-order valence-corrected chi connectivity index (χ4v) is 4.90. The fourth-order valence-electron chi connectivity index (χ4n) is 2.55. The van der Waals surface area contributed by atoms with E-state index in [1.807, 2.05) is 0 Å². The van der Waals surface area contributed by atoms with E-state index >= 15 is 0 Å². The van der Waals surface area contributed by atoms with E-state index in [1.54, 1.807) is 26.2 Å². The van der Waals surface area contributed by atoms with Crippen LogP contribution in [0.4, 0.5) is 0 Å². The van der Waals surface area contributed by atoms with Crippen molar-refractivity contribution in [2.45, 2.75) is 23.8 Å². The van der Waals surface area contributed by atoms with Crippen molar-refractivity contribution in [1.82, 2.24) is 9.21 Å². The molecule has 1 heterocycles. The standard InChI is InChI=1S/C14H19BrN2O4S/c1-16(2)14(18)11-5-4-8-17(11)22(19,20)13-9-10(15)6-7-12(13)21-3/h6-7,9,11H,4-5,8H2,1-3H3/t11-/m1/s1. The summed E-state index contributed by atoms with van der Waals surface area (Å²) >= 11 is 3.28. The molecule has 0 saturated carbocycles. The van der Waals surface area contributed by atoms with Crippen molar-refractivity contribution in [1.29, 1.82) is 0 Å². The van der Waals surface area contributed by atoms with E-state index in [0.29, 0.717) is 23.9 Å². The predicted octanol–water partition coefficient (Wildman–Crippen LogP) is 1.70. The third-order valence-corrected chi connectivity index (χ3v) is 6.06. The number of ether oxygens (including phenoxy) is 1. The molecule has 1 aromatic carbocycles. The molecule has 1 saturated heterocycles. The number of rotatable bonds is 4. The summed E-state index contributed by atoms with van der Waals surface area (Å²) in [6, 6.07) is 4.16. The molecule has 1 fully saturated rings. The highest BCUT2D eigenvalue weighted by Gasteiger charge is 2.41. The highest BCUT2D eigenvalue weighted by Crippen LogP contribution is 2.33. The molecule has 1 aromatic rings. The molecule has 122 valence electrons. The molecule has 2 rings (SSSR count). The van der Waals surface area contributed by atoms with E-state index in [9.17, 15) is 13.2 Å². The Morgan fingerprint density at radius 1 is 1.41 bits per heavy atom. The zero-order chi connectivity index (χ0) is 16.5. The van der Waals surface area contributed by atoms with E-state index in [1.165, 1.54) is 22.4 Å². The zero-order valence-electron chi connectivity index (χ0n) is 12.7. The summed E-state index contributed by atoms with van der Waals surface area (Å²) in [7, 11) is 0.885. The van der Waals surface area contributed by atoms with Crippen molar-refractivity contribution in [3.8, 4) is 5.75 Å². The summed E-state index contributed by atoms with van der Waals surface area (Å²) in [4.78, 5) is 13.7. The molecular weight excluding hydrogens is 372 g/mol. The van der Waals surface area contributed by atoms with Gasteiger partial charge >= 0.3 is 0 Å². The van der Waals surface area contributed by atoms with Crippen LogP contribution in [0.1, 0.15) is 12.8 Å². The van der Waals surface area contributed by atoms with Gasteiger partial charge in [-0.1, -0.05) is 15.9 Å². The average molecular weight is 391 g/mol. The van der Waals surface area contributed by atoms with Gasteiger partial charge in [-0.15, -0.1) is 0 Å². The lowest BCUT2D eigenvalue weighted by atomic mass is 10.2. The van der Waals surface area contributed by atoms with Crippen LogP contribution in [-0.2, 0) is 14.8 Å². The molecule has 1 atom stereocenters. The van der Waals surface area contributed by atoms with Crippen LogP contribution >= 0.6 is 15.9 Å². The molecule has 0 radical (unpaired) electrons. The van der Waals surface area contributed by atoms with Crippen LogP contribution < -0.4 is 4.74 Å². The first-order chi connectivity index (χ1) is 10.3. The Morgan fingerprint density at radius 3 is 2.68 bits per heavy atom. The molecular formula is C14H19BrN2O4S. The summed E-state index contributed by atoms with van der Waals surface area (Å²) in [5, 5.41) is 0. The maximum Gasteiger partial charge on any atom is 0.247 e. The van der Waals surface area contributed by atoms with Crippen LogP contribution in [0.3, 0.4) is 0 Å². The monoisotopic (exact) mass is 390 g/mol. The normalized spacial score (nSPS) is 19.2. The van der Waals surface area contributed by atoms with E-state index in [2.05, 4.69) is 15.9 Å². The minimum Gasteiger partial charge on any atom is -0.495 e. The van der Waals surface area contributed by atoms with E-state index in [-0.39, 0.29) is 16.6 Å². The molecule has 6 nitrogen and oxygen atoms in total. The first-order valence-corrected chi connectivity index (χ1v) is 9.09.